The van der Waals surface area contributed by atoms with Crippen LogP contribution in [-0.4, -0.2) is 17.0 Å². The molecule has 0 bridgehead atoms. The molecule has 0 amide bonds. The predicted octanol–water partition coefficient (Wildman–Crippen LogP) is 1.39. The molecule has 0 aromatic carbocycles. The molecule has 12 heavy (non-hydrogen) atoms. The Bertz CT molecular complexity index is 220. The van der Waals surface area contributed by atoms with E-state index in [9.17, 15) is 0 Å². The van der Waals surface area contributed by atoms with Crippen molar-refractivity contribution in [1.82, 2.24) is 15.3 Å². The third-order valence-corrected chi connectivity index (χ3v) is 1.84. The molecule has 1 atom stereocenters. The van der Waals surface area contributed by atoms with E-state index in [1.165, 1.54) is 0 Å². The Morgan fingerprint density at radius 2 is 1.83 bits per heavy atom. The average molecular weight is 165 g/mol. The van der Waals surface area contributed by atoms with Gasteiger partial charge in [-0.3, -0.25) is 0 Å². The highest BCUT2D eigenvalue weighted by molar-refractivity contribution is 4.96. The SMILES string of the molecule is CNC(c1ncccn1)C(C)C. The van der Waals surface area contributed by atoms with Gasteiger partial charge in [0.05, 0.1) is 6.04 Å². The van der Waals surface area contributed by atoms with Crippen molar-refractivity contribution < 1.29 is 0 Å². The number of hydrogen-bond acceptors (Lipinski definition) is 3. The summed E-state index contributed by atoms with van der Waals surface area (Å²) in [6.45, 7) is 4.30. The molecule has 66 valence electrons. The van der Waals surface area contributed by atoms with Gasteiger partial charge in [0.1, 0.15) is 5.82 Å². The largest absolute Gasteiger partial charge is 0.310 e. The van der Waals surface area contributed by atoms with Crippen molar-refractivity contribution in [2.75, 3.05) is 7.05 Å². The molecule has 1 rings (SSSR count). The van der Waals surface area contributed by atoms with Gasteiger partial charge in [0.2, 0.25) is 0 Å². The van der Waals surface area contributed by atoms with E-state index in [1.807, 2.05) is 13.1 Å². The third-order valence-electron chi connectivity index (χ3n) is 1.84. The molecule has 3 heteroatoms. The normalized spacial score (nSPS) is 13.3. The minimum atomic E-state index is 0.256. The van der Waals surface area contributed by atoms with Gasteiger partial charge in [-0.05, 0) is 19.0 Å². The first-order valence-electron chi connectivity index (χ1n) is 4.20. The Morgan fingerprint density at radius 3 is 2.25 bits per heavy atom. The summed E-state index contributed by atoms with van der Waals surface area (Å²) in [5, 5.41) is 3.19. The maximum absolute atomic E-state index is 4.20. The molecule has 0 saturated carbocycles. The Balaban J connectivity index is 2.80. The molecule has 1 heterocycles. The van der Waals surface area contributed by atoms with E-state index < -0.39 is 0 Å². The summed E-state index contributed by atoms with van der Waals surface area (Å²) in [5.74, 6) is 1.38. The van der Waals surface area contributed by atoms with E-state index in [2.05, 4.69) is 29.1 Å². The molecule has 3 nitrogen and oxygen atoms in total. The lowest BCUT2D eigenvalue weighted by molar-refractivity contribution is 0.422. The van der Waals surface area contributed by atoms with Crippen LogP contribution in [0.5, 0.6) is 0 Å². The maximum atomic E-state index is 4.20. The highest BCUT2D eigenvalue weighted by atomic mass is 15.0. The summed E-state index contributed by atoms with van der Waals surface area (Å²) in [7, 11) is 1.93. The number of hydrogen-bond donors (Lipinski definition) is 1. The van der Waals surface area contributed by atoms with Crippen molar-refractivity contribution in [1.29, 1.82) is 0 Å². The van der Waals surface area contributed by atoms with Gasteiger partial charge < -0.3 is 5.32 Å². The summed E-state index contributed by atoms with van der Waals surface area (Å²) in [6, 6.07) is 2.09. The van der Waals surface area contributed by atoms with Crippen LogP contribution in [0.15, 0.2) is 18.5 Å². The van der Waals surface area contributed by atoms with Crippen molar-refractivity contribution in [2.24, 2.45) is 5.92 Å². The van der Waals surface area contributed by atoms with Gasteiger partial charge in [-0.2, -0.15) is 0 Å². The van der Waals surface area contributed by atoms with Crippen LogP contribution < -0.4 is 5.32 Å². The number of nitrogens with one attached hydrogen (secondary N) is 1. The average Bonchev–Trinajstić information content (AvgIpc) is 2.07. The summed E-state index contributed by atoms with van der Waals surface area (Å²) in [6.07, 6.45) is 3.55. The minimum Gasteiger partial charge on any atom is -0.310 e. The molecule has 0 saturated heterocycles. The summed E-state index contributed by atoms with van der Waals surface area (Å²) < 4.78 is 0. The van der Waals surface area contributed by atoms with Gasteiger partial charge in [0, 0.05) is 12.4 Å². The number of rotatable bonds is 3. The third kappa shape index (κ3) is 2.01. The van der Waals surface area contributed by atoms with Gasteiger partial charge in [-0.25, -0.2) is 9.97 Å². The Morgan fingerprint density at radius 1 is 1.25 bits per heavy atom. The zero-order valence-corrected chi connectivity index (χ0v) is 7.78. The Hall–Kier alpha value is -0.960. The highest BCUT2D eigenvalue weighted by Gasteiger charge is 2.14. The van der Waals surface area contributed by atoms with Crippen LogP contribution in [0.1, 0.15) is 25.7 Å². The zero-order valence-electron chi connectivity index (χ0n) is 7.78. The quantitative estimate of drug-likeness (QED) is 0.735. The van der Waals surface area contributed by atoms with Gasteiger partial charge in [-0.15, -0.1) is 0 Å². The molecule has 1 aromatic rings. The first-order valence-corrected chi connectivity index (χ1v) is 4.20. The summed E-state index contributed by atoms with van der Waals surface area (Å²) in [4.78, 5) is 8.40. The van der Waals surface area contributed by atoms with E-state index >= 15 is 0 Å². The van der Waals surface area contributed by atoms with Crippen LogP contribution in [0.3, 0.4) is 0 Å². The molecule has 0 radical (unpaired) electrons. The summed E-state index contributed by atoms with van der Waals surface area (Å²) in [5.41, 5.74) is 0. The standard InChI is InChI=1S/C9H15N3/c1-7(2)8(10-3)9-11-5-4-6-12-9/h4-8,10H,1-3H3. The fraction of sp³-hybridized carbons (Fsp3) is 0.556. The fourth-order valence-corrected chi connectivity index (χ4v) is 1.23. The van der Waals surface area contributed by atoms with E-state index in [0.29, 0.717) is 5.92 Å². The van der Waals surface area contributed by atoms with Crippen molar-refractivity contribution in [3.8, 4) is 0 Å². The van der Waals surface area contributed by atoms with Crippen molar-refractivity contribution in [2.45, 2.75) is 19.9 Å². The lowest BCUT2D eigenvalue weighted by Gasteiger charge is -2.17. The maximum Gasteiger partial charge on any atom is 0.145 e. The second-order valence-electron chi connectivity index (χ2n) is 3.12. The smallest absolute Gasteiger partial charge is 0.145 e. The molecule has 0 aliphatic carbocycles. The van der Waals surface area contributed by atoms with Crippen LogP contribution in [0.4, 0.5) is 0 Å². The van der Waals surface area contributed by atoms with Gasteiger partial charge in [-0.1, -0.05) is 13.8 Å². The van der Waals surface area contributed by atoms with Gasteiger partial charge >= 0.3 is 0 Å². The molecule has 0 fully saturated rings. The lowest BCUT2D eigenvalue weighted by Crippen LogP contribution is -2.23. The van der Waals surface area contributed by atoms with Crippen molar-refractivity contribution in [3.63, 3.8) is 0 Å². The van der Waals surface area contributed by atoms with Crippen molar-refractivity contribution in [3.05, 3.63) is 24.3 Å². The van der Waals surface area contributed by atoms with E-state index in [-0.39, 0.29) is 6.04 Å². The Kier molecular flexibility index (Phi) is 3.17. The predicted molar refractivity (Wildman–Crippen MR) is 48.7 cm³/mol. The molecule has 1 aromatic heterocycles. The molecular formula is C9H15N3. The van der Waals surface area contributed by atoms with E-state index in [4.69, 9.17) is 0 Å². The summed E-state index contributed by atoms with van der Waals surface area (Å²) >= 11 is 0. The molecule has 1 unspecified atom stereocenters. The molecule has 1 N–H and O–H groups in total. The lowest BCUT2D eigenvalue weighted by atomic mass is 10.0. The molecular weight excluding hydrogens is 150 g/mol. The van der Waals surface area contributed by atoms with E-state index in [1.54, 1.807) is 12.4 Å². The first kappa shape index (κ1) is 9.13. The van der Waals surface area contributed by atoms with Gasteiger partial charge in [0.15, 0.2) is 0 Å². The van der Waals surface area contributed by atoms with Crippen LogP contribution in [0.2, 0.25) is 0 Å². The topological polar surface area (TPSA) is 37.8 Å². The molecule has 0 spiro atoms. The first-order chi connectivity index (χ1) is 5.75. The van der Waals surface area contributed by atoms with Crippen LogP contribution in [-0.2, 0) is 0 Å². The number of aromatic nitrogens is 2. The number of nitrogens with zero attached hydrogens (tertiary/aromatic N) is 2. The van der Waals surface area contributed by atoms with Crippen LogP contribution >= 0.6 is 0 Å². The second-order valence-corrected chi connectivity index (χ2v) is 3.12. The molecule has 0 aliphatic heterocycles. The van der Waals surface area contributed by atoms with Crippen LogP contribution in [0.25, 0.3) is 0 Å². The Labute approximate surface area is 73.2 Å². The van der Waals surface area contributed by atoms with Crippen molar-refractivity contribution >= 4 is 0 Å². The van der Waals surface area contributed by atoms with Gasteiger partial charge in [0.25, 0.3) is 0 Å². The van der Waals surface area contributed by atoms with E-state index in [0.717, 1.165) is 5.82 Å². The zero-order chi connectivity index (χ0) is 8.97. The minimum absolute atomic E-state index is 0.256. The highest BCUT2D eigenvalue weighted by Crippen LogP contribution is 2.15. The fourth-order valence-electron chi connectivity index (χ4n) is 1.23. The second kappa shape index (κ2) is 4.16. The van der Waals surface area contributed by atoms with Crippen LogP contribution in [0, 0.1) is 5.92 Å². The molecule has 0 aliphatic rings. The monoisotopic (exact) mass is 165 g/mol.